The van der Waals surface area contributed by atoms with Gasteiger partial charge >= 0.3 is 0 Å². The van der Waals surface area contributed by atoms with E-state index in [2.05, 4.69) is 5.32 Å². The first-order chi connectivity index (χ1) is 10.0. The van der Waals surface area contributed by atoms with Crippen LogP contribution in [0.15, 0.2) is 30.3 Å². The number of hydrogen-bond acceptors (Lipinski definition) is 4. The molecule has 0 radical (unpaired) electrons. The molecule has 0 amide bonds. The molecule has 0 spiro atoms. The Morgan fingerprint density at radius 2 is 2.19 bits per heavy atom. The van der Waals surface area contributed by atoms with Crippen molar-refractivity contribution < 1.29 is 9.50 Å². The summed E-state index contributed by atoms with van der Waals surface area (Å²) in [5, 5.41) is 21.9. The predicted molar refractivity (Wildman–Crippen MR) is 81.8 cm³/mol. The number of nitriles is 1. The van der Waals surface area contributed by atoms with Gasteiger partial charge in [-0.1, -0.05) is 17.7 Å². The largest absolute Gasteiger partial charge is 0.386 e. The summed E-state index contributed by atoms with van der Waals surface area (Å²) >= 11 is 7.16. The molecule has 1 aromatic carbocycles. The van der Waals surface area contributed by atoms with Gasteiger partial charge in [-0.2, -0.15) is 5.26 Å². The van der Waals surface area contributed by atoms with E-state index in [0.29, 0.717) is 10.9 Å². The molecule has 110 valence electrons. The SMILES string of the molecule is CC(NCC(O)c1ccc(Cl)s1)c1ccc(C#N)c(F)c1. The molecule has 0 aliphatic heterocycles. The van der Waals surface area contributed by atoms with E-state index in [9.17, 15) is 9.50 Å². The zero-order chi connectivity index (χ0) is 15.4. The van der Waals surface area contributed by atoms with Gasteiger partial charge in [-0.05, 0) is 36.8 Å². The molecule has 1 heterocycles. The van der Waals surface area contributed by atoms with Crippen molar-refractivity contribution in [2.24, 2.45) is 0 Å². The number of hydrogen-bond donors (Lipinski definition) is 2. The van der Waals surface area contributed by atoms with Crippen LogP contribution in [0.5, 0.6) is 0 Å². The highest BCUT2D eigenvalue weighted by molar-refractivity contribution is 7.16. The van der Waals surface area contributed by atoms with Crippen LogP contribution in [0.25, 0.3) is 0 Å². The van der Waals surface area contributed by atoms with Gasteiger partial charge in [-0.3, -0.25) is 0 Å². The van der Waals surface area contributed by atoms with Crippen LogP contribution in [0.4, 0.5) is 4.39 Å². The van der Waals surface area contributed by atoms with Gasteiger partial charge in [0.2, 0.25) is 0 Å². The smallest absolute Gasteiger partial charge is 0.141 e. The Bertz CT molecular complexity index is 668. The number of nitrogens with zero attached hydrogens (tertiary/aromatic N) is 1. The summed E-state index contributed by atoms with van der Waals surface area (Å²) in [6.07, 6.45) is -0.659. The summed E-state index contributed by atoms with van der Waals surface area (Å²) in [6, 6.07) is 9.67. The number of benzene rings is 1. The summed E-state index contributed by atoms with van der Waals surface area (Å²) in [5.74, 6) is -0.533. The van der Waals surface area contributed by atoms with Gasteiger partial charge in [0.05, 0.1) is 9.90 Å². The average molecular weight is 325 g/mol. The molecule has 0 aliphatic rings. The van der Waals surface area contributed by atoms with Crippen LogP contribution in [0.3, 0.4) is 0 Å². The fraction of sp³-hybridized carbons (Fsp3) is 0.267. The first-order valence-corrected chi connectivity index (χ1v) is 7.57. The van der Waals surface area contributed by atoms with E-state index in [0.717, 1.165) is 10.4 Å². The highest BCUT2D eigenvalue weighted by Gasteiger charge is 2.13. The number of thiophene rings is 1. The van der Waals surface area contributed by atoms with Gasteiger partial charge in [-0.15, -0.1) is 11.3 Å². The molecule has 2 rings (SSSR count). The van der Waals surface area contributed by atoms with Gasteiger partial charge in [0, 0.05) is 17.5 Å². The molecule has 0 saturated heterocycles. The van der Waals surface area contributed by atoms with E-state index in [1.54, 1.807) is 24.3 Å². The van der Waals surface area contributed by atoms with Crippen LogP contribution >= 0.6 is 22.9 Å². The predicted octanol–water partition coefficient (Wildman–Crippen LogP) is 3.80. The fourth-order valence-corrected chi connectivity index (χ4v) is 2.95. The number of rotatable bonds is 5. The Morgan fingerprint density at radius 1 is 1.43 bits per heavy atom. The summed E-state index contributed by atoms with van der Waals surface area (Å²) in [4.78, 5) is 0.783. The molecule has 1 aromatic heterocycles. The lowest BCUT2D eigenvalue weighted by Gasteiger charge is -2.17. The van der Waals surface area contributed by atoms with E-state index in [4.69, 9.17) is 16.9 Å². The average Bonchev–Trinajstić information content (AvgIpc) is 2.91. The monoisotopic (exact) mass is 324 g/mol. The quantitative estimate of drug-likeness (QED) is 0.879. The van der Waals surface area contributed by atoms with Crippen LogP contribution in [-0.2, 0) is 0 Å². The first-order valence-electron chi connectivity index (χ1n) is 6.37. The van der Waals surface area contributed by atoms with Crippen molar-refractivity contribution in [3.63, 3.8) is 0 Å². The molecule has 2 atom stereocenters. The third-order valence-electron chi connectivity index (χ3n) is 3.15. The Morgan fingerprint density at radius 3 is 2.76 bits per heavy atom. The summed E-state index contributed by atoms with van der Waals surface area (Å²) in [5.41, 5.74) is 0.752. The molecule has 0 bridgehead atoms. The van der Waals surface area contributed by atoms with Crippen LogP contribution in [0.1, 0.15) is 35.1 Å². The second-order valence-electron chi connectivity index (χ2n) is 4.64. The van der Waals surface area contributed by atoms with Gasteiger partial charge in [0.1, 0.15) is 18.0 Å². The van der Waals surface area contributed by atoms with Crippen LogP contribution in [0, 0.1) is 17.1 Å². The van der Waals surface area contributed by atoms with Crippen LogP contribution in [-0.4, -0.2) is 11.7 Å². The Labute approximate surface area is 131 Å². The molecule has 2 aromatic rings. The maximum Gasteiger partial charge on any atom is 0.141 e. The van der Waals surface area contributed by atoms with Crippen molar-refractivity contribution in [2.75, 3.05) is 6.54 Å². The molecule has 0 saturated carbocycles. The van der Waals surface area contributed by atoms with Crippen molar-refractivity contribution in [1.82, 2.24) is 5.32 Å². The van der Waals surface area contributed by atoms with Crippen LogP contribution < -0.4 is 5.32 Å². The molecular weight excluding hydrogens is 311 g/mol. The number of aliphatic hydroxyl groups excluding tert-OH is 1. The third-order valence-corrected chi connectivity index (χ3v) is 4.49. The highest BCUT2D eigenvalue weighted by Crippen LogP contribution is 2.27. The minimum absolute atomic E-state index is 0.0270. The number of nitrogens with one attached hydrogen (secondary N) is 1. The van der Waals surface area contributed by atoms with Gasteiger partial charge in [0.25, 0.3) is 0 Å². The normalized spacial score (nSPS) is 13.7. The number of halogens is 2. The minimum Gasteiger partial charge on any atom is -0.386 e. The maximum atomic E-state index is 13.6. The van der Waals surface area contributed by atoms with E-state index in [1.807, 2.05) is 6.92 Å². The highest BCUT2D eigenvalue weighted by atomic mass is 35.5. The Kier molecular flexibility index (Phi) is 5.32. The Hall–Kier alpha value is -1.45. The molecule has 6 heteroatoms. The van der Waals surface area contributed by atoms with E-state index in [-0.39, 0.29) is 11.6 Å². The summed E-state index contributed by atoms with van der Waals surface area (Å²) in [7, 11) is 0. The van der Waals surface area contributed by atoms with Crippen molar-refractivity contribution >= 4 is 22.9 Å². The maximum absolute atomic E-state index is 13.6. The minimum atomic E-state index is -0.659. The first kappa shape index (κ1) is 15.9. The van der Waals surface area contributed by atoms with Crippen molar-refractivity contribution in [1.29, 1.82) is 5.26 Å². The van der Waals surface area contributed by atoms with Crippen molar-refractivity contribution in [2.45, 2.75) is 19.1 Å². The third kappa shape index (κ3) is 4.02. The lowest BCUT2D eigenvalue weighted by molar-refractivity contribution is 0.174. The van der Waals surface area contributed by atoms with E-state index >= 15 is 0 Å². The molecular formula is C15H14ClFN2OS. The molecule has 3 nitrogen and oxygen atoms in total. The van der Waals surface area contributed by atoms with E-state index < -0.39 is 11.9 Å². The fourth-order valence-electron chi connectivity index (χ4n) is 1.91. The lowest BCUT2D eigenvalue weighted by Crippen LogP contribution is -2.24. The summed E-state index contributed by atoms with van der Waals surface area (Å²) in [6.45, 7) is 2.20. The number of aliphatic hydroxyl groups is 1. The molecule has 0 fully saturated rings. The van der Waals surface area contributed by atoms with Gasteiger partial charge in [-0.25, -0.2) is 4.39 Å². The molecule has 2 unspecified atom stereocenters. The van der Waals surface area contributed by atoms with Crippen molar-refractivity contribution in [3.8, 4) is 6.07 Å². The zero-order valence-corrected chi connectivity index (χ0v) is 12.9. The lowest BCUT2D eigenvalue weighted by atomic mass is 10.1. The molecule has 21 heavy (non-hydrogen) atoms. The molecule has 2 N–H and O–H groups in total. The van der Waals surface area contributed by atoms with Crippen LogP contribution in [0.2, 0.25) is 4.34 Å². The second-order valence-corrected chi connectivity index (χ2v) is 6.39. The van der Waals surface area contributed by atoms with Gasteiger partial charge < -0.3 is 10.4 Å². The topological polar surface area (TPSA) is 56.0 Å². The summed E-state index contributed by atoms with van der Waals surface area (Å²) < 4.78 is 14.2. The Balaban J connectivity index is 1.97. The van der Waals surface area contributed by atoms with Crippen molar-refractivity contribution in [3.05, 3.63) is 56.5 Å². The van der Waals surface area contributed by atoms with E-state index in [1.165, 1.54) is 23.5 Å². The second kappa shape index (κ2) is 7.01. The van der Waals surface area contributed by atoms with Gasteiger partial charge in [0.15, 0.2) is 0 Å². The molecule has 0 aliphatic carbocycles. The zero-order valence-electron chi connectivity index (χ0n) is 11.3. The standard InChI is InChI=1S/C15H14ClFN2OS/c1-9(10-2-3-11(7-18)12(17)6-10)19-8-13(20)14-4-5-15(16)21-14/h2-6,9,13,19-20H,8H2,1H3.